The molecule has 0 saturated heterocycles. The first-order valence-electron chi connectivity index (χ1n) is 6.98. The number of aliphatic hydroxyl groups is 1. The van der Waals surface area contributed by atoms with E-state index in [-0.39, 0.29) is 12.1 Å². The first-order chi connectivity index (χ1) is 8.68. The second-order valence-corrected chi connectivity index (χ2v) is 5.41. The molecule has 102 valence electrons. The summed E-state index contributed by atoms with van der Waals surface area (Å²) < 4.78 is 1.93. The van der Waals surface area contributed by atoms with Gasteiger partial charge in [0.15, 0.2) is 0 Å². The van der Waals surface area contributed by atoms with Crippen molar-refractivity contribution in [3.63, 3.8) is 0 Å². The van der Waals surface area contributed by atoms with Gasteiger partial charge in [-0.2, -0.15) is 5.10 Å². The maximum atomic E-state index is 10.1. The Morgan fingerprint density at radius 3 is 2.94 bits per heavy atom. The molecule has 0 spiro atoms. The fraction of sp³-hybridized carbons (Fsp3) is 0.846. The van der Waals surface area contributed by atoms with E-state index in [1.807, 2.05) is 4.68 Å². The molecule has 1 aliphatic carbocycles. The van der Waals surface area contributed by atoms with E-state index in [4.69, 9.17) is 0 Å². The smallest absolute Gasteiger partial charge is 0.141 e. The lowest BCUT2D eigenvalue weighted by Crippen LogP contribution is -2.39. The lowest BCUT2D eigenvalue weighted by Gasteiger charge is -2.22. The lowest BCUT2D eigenvalue weighted by atomic mass is 10.1. The molecular formula is C13H24N4O. The Kier molecular flexibility index (Phi) is 4.72. The van der Waals surface area contributed by atoms with Crippen LogP contribution < -0.4 is 5.32 Å². The summed E-state index contributed by atoms with van der Waals surface area (Å²) in [6.45, 7) is 4.87. The van der Waals surface area contributed by atoms with E-state index < -0.39 is 0 Å². The van der Waals surface area contributed by atoms with Crippen molar-refractivity contribution in [3.05, 3.63) is 12.2 Å². The summed E-state index contributed by atoms with van der Waals surface area (Å²) in [7, 11) is 0. The molecule has 1 aliphatic rings. The Balaban J connectivity index is 1.91. The van der Waals surface area contributed by atoms with Crippen molar-refractivity contribution in [3.8, 4) is 0 Å². The SMILES string of the molecule is CC(C)n1ncnc1CNC1CCCCCC1O. The fourth-order valence-corrected chi connectivity index (χ4v) is 2.58. The zero-order valence-electron chi connectivity index (χ0n) is 11.3. The van der Waals surface area contributed by atoms with E-state index in [9.17, 15) is 5.11 Å². The molecule has 1 fully saturated rings. The molecule has 2 unspecified atom stereocenters. The normalized spacial score (nSPS) is 25.3. The molecule has 0 bridgehead atoms. The topological polar surface area (TPSA) is 63.0 Å². The van der Waals surface area contributed by atoms with Gasteiger partial charge < -0.3 is 10.4 Å². The number of aromatic nitrogens is 3. The predicted octanol–water partition coefficient (Wildman–Crippen LogP) is 1.64. The van der Waals surface area contributed by atoms with Crippen molar-refractivity contribution in [2.45, 2.75) is 70.7 Å². The molecule has 1 aromatic heterocycles. The molecule has 0 radical (unpaired) electrons. The third kappa shape index (κ3) is 3.29. The van der Waals surface area contributed by atoms with Crippen LogP contribution in [0.2, 0.25) is 0 Å². The number of hydrogen-bond donors (Lipinski definition) is 2. The zero-order valence-corrected chi connectivity index (χ0v) is 11.3. The summed E-state index contributed by atoms with van der Waals surface area (Å²) in [6, 6.07) is 0.521. The molecule has 18 heavy (non-hydrogen) atoms. The van der Waals surface area contributed by atoms with Gasteiger partial charge in [-0.25, -0.2) is 9.67 Å². The van der Waals surface area contributed by atoms with E-state index >= 15 is 0 Å². The number of rotatable bonds is 4. The Bertz CT molecular complexity index is 364. The van der Waals surface area contributed by atoms with Crippen molar-refractivity contribution in [1.82, 2.24) is 20.1 Å². The van der Waals surface area contributed by atoms with Crippen LogP contribution in [-0.2, 0) is 6.54 Å². The minimum absolute atomic E-state index is 0.199. The second-order valence-electron chi connectivity index (χ2n) is 5.41. The average Bonchev–Trinajstić information content (AvgIpc) is 2.71. The molecule has 1 aromatic rings. The minimum atomic E-state index is -0.220. The van der Waals surface area contributed by atoms with Gasteiger partial charge in [0.1, 0.15) is 12.2 Å². The summed E-state index contributed by atoms with van der Waals surface area (Å²) in [6.07, 6.45) is 6.92. The third-order valence-corrected chi connectivity index (χ3v) is 3.64. The zero-order chi connectivity index (χ0) is 13.0. The van der Waals surface area contributed by atoms with Gasteiger partial charge in [0.25, 0.3) is 0 Å². The Morgan fingerprint density at radius 2 is 2.17 bits per heavy atom. The van der Waals surface area contributed by atoms with Gasteiger partial charge in [-0.3, -0.25) is 0 Å². The van der Waals surface area contributed by atoms with Crippen LogP contribution in [0.15, 0.2) is 6.33 Å². The first kappa shape index (κ1) is 13.5. The number of nitrogens with one attached hydrogen (secondary N) is 1. The number of hydrogen-bond acceptors (Lipinski definition) is 4. The number of aliphatic hydroxyl groups excluding tert-OH is 1. The lowest BCUT2D eigenvalue weighted by molar-refractivity contribution is 0.118. The Labute approximate surface area is 109 Å². The summed E-state index contributed by atoms with van der Waals surface area (Å²) >= 11 is 0. The molecule has 2 atom stereocenters. The van der Waals surface area contributed by atoms with Crippen molar-refractivity contribution >= 4 is 0 Å². The second kappa shape index (κ2) is 6.29. The van der Waals surface area contributed by atoms with Crippen LogP contribution in [0.4, 0.5) is 0 Å². The molecule has 2 rings (SSSR count). The van der Waals surface area contributed by atoms with E-state index in [1.165, 1.54) is 12.8 Å². The van der Waals surface area contributed by atoms with Crippen LogP contribution in [0, 0.1) is 0 Å². The van der Waals surface area contributed by atoms with Gasteiger partial charge in [0, 0.05) is 12.1 Å². The third-order valence-electron chi connectivity index (χ3n) is 3.64. The van der Waals surface area contributed by atoms with E-state index in [0.29, 0.717) is 12.6 Å². The Hall–Kier alpha value is -0.940. The molecule has 0 aliphatic heterocycles. The summed E-state index contributed by atoms with van der Waals surface area (Å²) in [5.74, 6) is 0.946. The van der Waals surface area contributed by atoms with Crippen LogP contribution in [0.25, 0.3) is 0 Å². The molecule has 1 saturated carbocycles. The average molecular weight is 252 g/mol. The maximum Gasteiger partial charge on any atom is 0.141 e. The molecule has 5 nitrogen and oxygen atoms in total. The molecular weight excluding hydrogens is 228 g/mol. The van der Waals surface area contributed by atoms with Crippen LogP contribution >= 0.6 is 0 Å². The number of nitrogens with zero attached hydrogens (tertiary/aromatic N) is 3. The summed E-state index contributed by atoms with van der Waals surface area (Å²) in [5, 5.41) is 17.7. The van der Waals surface area contributed by atoms with Crippen LogP contribution in [0.5, 0.6) is 0 Å². The largest absolute Gasteiger partial charge is 0.392 e. The monoisotopic (exact) mass is 252 g/mol. The highest BCUT2D eigenvalue weighted by Gasteiger charge is 2.21. The predicted molar refractivity (Wildman–Crippen MR) is 70.1 cm³/mol. The standard InChI is InChI=1S/C13H24N4O/c1-10(2)17-13(15-9-16-17)8-14-11-6-4-3-5-7-12(11)18/h9-12,14,18H,3-8H2,1-2H3. The van der Waals surface area contributed by atoms with E-state index in [2.05, 4.69) is 29.2 Å². The van der Waals surface area contributed by atoms with Crippen molar-refractivity contribution in [2.75, 3.05) is 0 Å². The van der Waals surface area contributed by atoms with Crippen LogP contribution in [0.1, 0.15) is 57.8 Å². The minimum Gasteiger partial charge on any atom is -0.392 e. The van der Waals surface area contributed by atoms with Gasteiger partial charge in [-0.1, -0.05) is 19.3 Å². The van der Waals surface area contributed by atoms with Crippen molar-refractivity contribution < 1.29 is 5.11 Å². The van der Waals surface area contributed by atoms with Gasteiger partial charge in [-0.05, 0) is 26.7 Å². The van der Waals surface area contributed by atoms with Crippen molar-refractivity contribution in [2.24, 2.45) is 0 Å². The van der Waals surface area contributed by atoms with Crippen LogP contribution in [-0.4, -0.2) is 32.0 Å². The van der Waals surface area contributed by atoms with E-state index in [1.54, 1.807) is 6.33 Å². The summed E-state index contributed by atoms with van der Waals surface area (Å²) in [5.41, 5.74) is 0. The Morgan fingerprint density at radius 1 is 1.39 bits per heavy atom. The van der Waals surface area contributed by atoms with Gasteiger partial charge in [0.2, 0.25) is 0 Å². The molecule has 0 aromatic carbocycles. The highest BCUT2D eigenvalue weighted by Crippen LogP contribution is 2.18. The first-order valence-corrected chi connectivity index (χ1v) is 6.98. The molecule has 0 amide bonds. The molecule has 1 heterocycles. The molecule has 2 N–H and O–H groups in total. The highest BCUT2D eigenvalue weighted by atomic mass is 16.3. The molecule has 5 heteroatoms. The highest BCUT2D eigenvalue weighted by molar-refractivity contribution is 4.88. The van der Waals surface area contributed by atoms with Crippen LogP contribution in [0.3, 0.4) is 0 Å². The summed E-state index contributed by atoms with van der Waals surface area (Å²) in [4.78, 5) is 4.28. The van der Waals surface area contributed by atoms with Crippen molar-refractivity contribution in [1.29, 1.82) is 0 Å². The van der Waals surface area contributed by atoms with Gasteiger partial charge in [-0.15, -0.1) is 0 Å². The maximum absolute atomic E-state index is 10.1. The van der Waals surface area contributed by atoms with Gasteiger partial charge in [0.05, 0.1) is 12.6 Å². The fourth-order valence-electron chi connectivity index (χ4n) is 2.58. The van der Waals surface area contributed by atoms with E-state index in [0.717, 1.165) is 25.1 Å². The quantitative estimate of drug-likeness (QED) is 0.800. The van der Waals surface area contributed by atoms with Gasteiger partial charge >= 0.3 is 0 Å².